The molecule has 1 atom stereocenters. The molecule has 1 aromatic carbocycles. The number of allylic oxidation sites excluding steroid dienone is 1. The van der Waals surface area contributed by atoms with E-state index in [2.05, 4.69) is 34.7 Å². The molecule has 0 aliphatic carbocycles. The van der Waals surface area contributed by atoms with Crippen molar-refractivity contribution in [1.29, 1.82) is 0 Å². The Balaban J connectivity index is 1.94. The number of hydrogen-bond donors (Lipinski definition) is 0. The Kier molecular flexibility index (Phi) is 7.38. The molecule has 2 heterocycles. The molecule has 3 nitrogen and oxygen atoms in total. The van der Waals surface area contributed by atoms with E-state index in [4.69, 9.17) is 11.6 Å². The fraction of sp³-hybridized carbons (Fsp3) is 0.269. The lowest BCUT2D eigenvalue weighted by Crippen LogP contribution is -2.07. The molecule has 0 amide bonds. The lowest BCUT2D eigenvalue weighted by molar-refractivity contribution is -0.141. The molecule has 1 unspecified atom stereocenters. The van der Waals surface area contributed by atoms with E-state index in [0.717, 1.165) is 39.7 Å². The Morgan fingerprint density at radius 2 is 1.85 bits per heavy atom. The third-order valence-corrected chi connectivity index (χ3v) is 6.15. The maximum Gasteiger partial charge on any atom is 0.433 e. The molecule has 0 N–H and O–H groups in total. The highest BCUT2D eigenvalue weighted by atomic mass is 35.5. The first-order valence-electron chi connectivity index (χ1n) is 10.4. The fourth-order valence-electron chi connectivity index (χ4n) is 3.78. The van der Waals surface area contributed by atoms with Crippen LogP contribution in [0.25, 0.3) is 5.03 Å². The average Bonchev–Trinajstić information content (AvgIpc) is 2.77. The van der Waals surface area contributed by atoms with Gasteiger partial charge >= 0.3 is 6.18 Å². The lowest BCUT2D eigenvalue weighted by Gasteiger charge is -2.18. The van der Waals surface area contributed by atoms with Crippen molar-refractivity contribution in [3.63, 3.8) is 0 Å². The standard InChI is InChI=1S/C26H25ClF3N3/c1-15(12-19-7-11-24(32-14-19)26(28,29)30)25(27)22-13-20(8-10-23(22)31-5)17(3)21-9-6-16(2)33-18(21)4/h6-11,13-14,17H,5,12H2,1-4H3/b25-15-. The van der Waals surface area contributed by atoms with E-state index in [1.165, 1.54) is 12.3 Å². The molecule has 0 saturated heterocycles. The van der Waals surface area contributed by atoms with E-state index in [9.17, 15) is 13.2 Å². The number of pyridine rings is 2. The number of aliphatic imine (C=N–C) groups is 1. The average molecular weight is 472 g/mol. The van der Waals surface area contributed by atoms with E-state index in [0.29, 0.717) is 22.7 Å². The van der Waals surface area contributed by atoms with Gasteiger partial charge in [-0.2, -0.15) is 13.2 Å². The number of halogens is 4. The van der Waals surface area contributed by atoms with E-state index in [-0.39, 0.29) is 5.92 Å². The SMILES string of the molecule is C=Nc1ccc(C(C)c2ccc(C)nc2C)cc1/C(Cl)=C(\C)Cc1ccc(C(F)(F)F)nc1. The molecule has 2 aromatic heterocycles. The third-order valence-electron chi connectivity index (χ3n) is 5.62. The van der Waals surface area contributed by atoms with Crippen molar-refractivity contribution >= 4 is 29.0 Å². The van der Waals surface area contributed by atoms with Gasteiger partial charge in [0, 0.05) is 34.1 Å². The number of nitrogens with zero attached hydrogens (tertiary/aromatic N) is 3. The number of hydrogen-bond acceptors (Lipinski definition) is 3. The zero-order valence-corrected chi connectivity index (χ0v) is 19.7. The maximum absolute atomic E-state index is 12.8. The van der Waals surface area contributed by atoms with Crippen LogP contribution in [-0.2, 0) is 12.6 Å². The third kappa shape index (κ3) is 5.69. The summed E-state index contributed by atoms with van der Waals surface area (Å²) < 4.78 is 38.3. The first-order valence-corrected chi connectivity index (χ1v) is 10.8. The molecule has 0 radical (unpaired) electrons. The summed E-state index contributed by atoms with van der Waals surface area (Å²) in [6, 6.07) is 12.3. The molecule has 0 bridgehead atoms. The van der Waals surface area contributed by atoms with E-state index >= 15 is 0 Å². The molecular formula is C26H25ClF3N3. The van der Waals surface area contributed by atoms with E-state index < -0.39 is 11.9 Å². The van der Waals surface area contributed by atoms with Crippen molar-refractivity contribution in [3.05, 3.63) is 93.6 Å². The molecule has 7 heteroatoms. The van der Waals surface area contributed by atoms with Crippen LogP contribution in [0.3, 0.4) is 0 Å². The Labute approximate surface area is 197 Å². The fourth-order valence-corrected chi connectivity index (χ4v) is 4.00. The minimum Gasteiger partial charge on any atom is -0.264 e. The quantitative estimate of drug-likeness (QED) is 0.344. The predicted octanol–water partition coefficient (Wildman–Crippen LogP) is 7.81. The highest BCUT2D eigenvalue weighted by Crippen LogP contribution is 2.36. The van der Waals surface area contributed by atoms with Crippen LogP contribution in [0.4, 0.5) is 18.9 Å². The minimum atomic E-state index is -4.46. The van der Waals surface area contributed by atoms with E-state index in [1.54, 1.807) is 0 Å². The van der Waals surface area contributed by atoms with Crippen LogP contribution in [0, 0.1) is 13.8 Å². The number of rotatable bonds is 6. The molecule has 3 rings (SSSR count). The van der Waals surface area contributed by atoms with Gasteiger partial charge < -0.3 is 0 Å². The topological polar surface area (TPSA) is 38.1 Å². The van der Waals surface area contributed by atoms with Crippen LogP contribution in [0.1, 0.15) is 59.1 Å². The van der Waals surface area contributed by atoms with Gasteiger partial charge in [-0.25, -0.2) is 0 Å². The second kappa shape index (κ2) is 9.87. The molecular weight excluding hydrogens is 447 g/mol. The van der Waals surface area contributed by atoms with Crippen molar-refractivity contribution in [2.24, 2.45) is 4.99 Å². The van der Waals surface area contributed by atoms with Crippen LogP contribution < -0.4 is 0 Å². The minimum absolute atomic E-state index is 0.0830. The highest BCUT2D eigenvalue weighted by molar-refractivity contribution is 6.49. The summed E-state index contributed by atoms with van der Waals surface area (Å²) in [5.41, 5.74) is 5.99. The molecule has 172 valence electrons. The largest absolute Gasteiger partial charge is 0.433 e. The zero-order valence-electron chi connectivity index (χ0n) is 19.0. The number of benzene rings is 1. The smallest absolute Gasteiger partial charge is 0.264 e. The van der Waals surface area contributed by atoms with Gasteiger partial charge in [-0.15, -0.1) is 0 Å². The van der Waals surface area contributed by atoms with Gasteiger partial charge in [-0.05, 0) is 80.4 Å². The van der Waals surface area contributed by atoms with Crippen LogP contribution in [0.5, 0.6) is 0 Å². The monoisotopic (exact) mass is 471 g/mol. The first-order chi connectivity index (χ1) is 15.5. The van der Waals surface area contributed by atoms with Gasteiger partial charge in [-0.3, -0.25) is 15.0 Å². The van der Waals surface area contributed by atoms with Crippen molar-refractivity contribution in [2.45, 2.75) is 46.2 Å². The summed E-state index contributed by atoms with van der Waals surface area (Å²) in [7, 11) is 0. The van der Waals surface area contributed by atoms with Gasteiger partial charge in [0.15, 0.2) is 0 Å². The van der Waals surface area contributed by atoms with Gasteiger partial charge in [-0.1, -0.05) is 36.7 Å². The first kappa shape index (κ1) is 24.6. The molecule has 0 aliphatic heterocycles. The van der Waals surface area contributed by atoms with Crippen molar-refractivity contribution in [1.82, 2.24) is 9.97 Å². The Hall–Kier alpha value is -2.99. The number of aryl methyl sites for hydroxylation is 2. The van der Waals surface area contributed by atoms with Crippen molar-refractivity contribution < 1.29 is 13.2 Å². The Bertz CT molecular complexity index is 1200. The summed E-state index contributed by atoms with van der Waals surface area (Å²) in [4.78, 5) is 12.2. The maximum atomic E-state index is 12.8. The second-order valence-corrected chi connectivity index (χ2v) is 8.48. The summed E-state index contributed by atoms with van der Waals surface area (Å²) in [6.45, 7) is 11.6. The van der Waals surface area contributed by atoms with Crippen molar-refractivity contribution in [2.75, 3.05) is 0 Å². The van der Waals surface area contributed by atoms with Crippen LogP contribution in [-0.4, -0.2) is 16.7 Å². The summed E-state index contributed by atoms with van der Waals surface area (Å²) in [5.74, 6) is 0.0830. The molecule has 0 spiro atoms. The number of aromatic nitrogens is 2. The normalized spacial score (nSPS) is 13.5. The van der Waals surface area contributed by atoms with Crippen LogP contribution in [0.2, 0.25) is 0 Å². The Morgan fingerprint density at radius 1 is 1.12 bits per heavy atom. The zero-order chi connectivity index (χ0) is 24.3. The van der Waals surface area contributed by atoms with Gasteiger partial charge in [0.05, 0.1) is 5.69 Å². The van der Waals surface area contributed by atoms with Gasteiger partial charge in [0.2, 0.25) is 0 Å². The lowest BCUT2D eigenvalue weighted by atomic mass is 9.90. The molecule has 0 saturated carbocycles. The molecule has 0 fully saturated rings. The summed E-state index contributed by atoms with van der Waals surface area (Å²) in [5, 5.41) is 0.491. The van der Waals surface area contributed by atoms with Gasteiger partial charge in [0.25, 0.3) is 0 Å². The molecule has 33 heavy (non-hydrogen) atoms. The van der Waals surface area contributed by atoms with Crippen molar-refractivity contribution in [3.8, 4) is 0 Å². The van der Waals surface area contributed by atoms with E-state index in [1.807, 2.05) is 45.0 Å². The highest BCUT2D eigenvalue weighted by Gasteiger charge is 2.32. The Morgan fingerprint density at radius 3 is 2.42 bits per heavy atom. The molecule has 3 aromatic rings. The summed E-state index contributed by atoms with van der Waals surface area (Å²) >= 11 is 6.75. The van der Waals surface area contributed by atoms with Gasteiger partial charge in [0.1, 0.15) is 5.69 Å². The molecule has 0 aliphatic rings. The predicted molar refractivity (Wildman–Crippen MR) is 128 cm³/mol. The number of alkyl halides is 3. The van der Waals surface area contributed by atoms with Crippen LogP contribution >= 0.6 is 11.6 Å². The van der Waals surface area contributed by atoms with Crippen LogP contribution in [0.15, 0.2) is 59.2 Å². The summed E-state index contributed by atoms with van der Waals surface area (Å²) in [6.07, 6.45) is -2.87. The second-order valence-electron chi connectivity index (χ2n) is 8.10.